The first-order valence-electron chi connectivity index (χ1n) is 7.18. The van der Waals surface area contributed by atoms with Crippen molar-refractivity contribution in [3.8, 4) is 5.75 Å². The van der Waals surface area contributed by atoms with Gasteiger partial charge in [0.05, 0.1) is 6.54 Å². The number of amides is 1. The SMILES string of the molecule is CCN(CC)C(=O)CN(C)Cc1cc(C(C)=O)ccc1O. The molecule has 0 radical (unpaired) electrons. The number of hydrogen-bond acceptors (Lipinski definition) is 4. The Hall–Kier alpha value is -1.88. The molecule has 21 heavy (non-hydrogen) atoms. The molecule has 0 aliphatic heterocycles. The third-order valence-electron chi connectivity index (χ3n) is 3.45. The lowest BCUT2D eigenvalue weighted by molar-refractivity contribution is -0.131. The van der Waals surface area contributed by atoms with Gasteiger partial charge >= 0.3 is 0 Å². The maximum atomic E-state index is 12.0. The molecule has 1 rings (SSSR count). The summed E-state index contributed by atoms with van der Waals surface area (Å²) >= 11 is 0. The standard InChI is InChI=1S/C16H24N2O3/c1-5-18(6-2)16(21)11-17(4)10-14-9-13(12(3)19)7-8-15(14)20/h7-9,20H,5-6,10-11H2,1-4H3. The number of benzene rings is 1. The number of carbonyl (C=O) groups is 2. The molecule has 1 amide bonds. The zero-order chi connectivity index (χ0) is 16.0. The zero-order valence-electron chi connectivity index (χ0n) is 13.2. The quantitative estimate of drug-likeness (QED) is 0.780. The molecule has 0 aliphatic carbocycles. The molecule has 0 saturated carbocycles. The van der Waals surface area contributed by atoms with Crippen molar-refractivity contribution in [2.45, 2.75) is 27.3 Å². The van der Waals surface area contributed by atoms with Gasteiger partial charge in [-0.1, -0.05) is 0 Å². The largest absolute Gasteiger partial charge is 0.508 e. The van der Waals surface area contributed by atoms with E-state index < -0.39 is 0 Å². The number of ketones is 1. The summed E-state index contributed by atoms with van der Waals surface area (Å²) in [5.41, 5.74) is 1.21. The molecule has 1 N–H and O–H groups in total. The molecule has 1 aromatic carbocycles. The minimum absolute atomic E-state index is 0.0434. The van der Waals surface area contributed by atoms with Gasteiger partial charge in [0.2, 0.25) is 5.91 Å². The second-order valence-corrected chi connectivity index (χ2v) is 5.14. The highest BCUT2D eigenvalue weighted by atomic mass is 16.3. The number of nitrogens with zero attached hydrogens (tertiary/aromatic N) is 2. The van der Waals surface area contributed by atoms with E-state index in [1.54, 1.807) is 17.0 Å². The maximum Gasteiger partial charge on any atom is 0.236 e. The Morgan fingerprint density at radius 2 is 1.81 bits per heavy atom. The topological polar surface area (TPSA) is 60.9 Å². The second kappa shape index (κ2) is 7.78. The van der Waals surface area contributed by atoms with Gasteiger partial charge in [0.25, 0.3) is 0 Å². The van der Waals surface area contributed by atoms with Crippen molar-refractivity contribution in [3.63, 3.8) is 0 Å². The molecule has 0 saturated heterocycles. The summed E-state index contributed by atoms with van der Waals surface area (Å²) in [6, 6.07) is 4.80. The lowest BCUT2D eigenvalue weighted by Gasteiger charge is -2.23. The fourth-order valence-electron chi connectivity index (χ4n) is 2.19. The summed E-state index contributed by atoms with van der Waals surface area (Å²) < 4.78 is 0. The number of hydrogen-bond donors (Lipinski definition) is 1. The lowest BCUT2D eigenvalue weighted by Crippen LogP contribution is -2.38. The summed E-state index contributed by atoms with van der Waals surface area (Å²) in [6.45, 7) is 7.46. The Bertz CT molecular complexity index is 510. The van der Waals surface area contributed by atoms with Crippen LogP contribution in [0.1, 0.15) is 36.7 Å². The predicted octanol–water partition coefficient (Wildman–Crippen LogP) is 1.90. The molecule has 5 heteroatoms. The van der Waals surface area contributed by atoms with Crippen molar-refractivity contribution in [1.29, 1.82) is 0 Å². The number of rotatable bonds is 7. The first kappa shape index (κ1) is 17.2. The van der Waals surface area contributed by atoms with Crippen molar-refractivity contribution < 1.29 is 14.7 Å². The summed E-state index contributed by atoms with van der Waals surface area (Å²) in [6.07, 6.45) is 0. The smallest absolute Gasteiger partial charge is 0.236 e. The third kappa shape index (κ3) is 4.86. The highest BCUT2D eigenvalue weighted by Crippen LogP contribution is 2.20. The number of Topliss-reactive ketones (excluding diaryl/α,β-unsaturated/α-hetero) is 1. The van der Waals surface area contributed by atoms with Crippen LogP contribution in [-0.2, 0) is 11.3 Å². The lowest BCUT2D eigenvalue weighted by atomic mass is 10.1. The van der Waals surface area contributed by atoms with Crippen LogP contribution in [0.5, 0.6) is 5.75 Å². The van der Waals surface area contributed by atoms with Crippen molar-refractivity contribution in [3.05, 3.63) is 29.3 Å². The summed E-state index contributed by atoms with van der Waals surface area (Å²) in [4.78, 5) is 27.0. The van der Waals surface area contributed by atoms with E-state index in [0.29, 0.717) is 30.8 Å². The minimum atomic E-state index is -0.0434. The van der Waals surface area contributed by atoms with Crippen LogP contribution in [0.4, 0.5) is 0 Å². The van der Waals surface area contributed by atoms with Gasteiger partial charge in [-0.15, -0.1) is 0 Å². The molecule has 0 spiro atoms. The second-order valence-electron chi connectivity index (χ2n) is 5.14. The third-order valence-corrected chi connectivity index (χ3v) is 3.45. The van der Waals surface area contributed by atoms with Gasteiger partial charge in [0.15, 0.2) is 5.78 Å². The summed E-state index contributed by atoms with van der Waals surface area (Å²) in [5, 5.41) is 9.87. The summed E-state index contributed by atoms with van der Waals surface area (Å²) in [7, 11) is 1.82. The average molecular weight is 292 g/mol. The highest BCUT2D eigenvalue weighted by Gasteiger charge is 2.14. The molecule has 0 atom stereocenters. The molecule has 0 unspecified atom stereocenters. The van der Waals surface area contributed by atoms with E-state index in [1.807, 2.05) is 25.8 Å². The molecule has 116 valence electrons. The van der Waals surface area contributed by atoms with E-state index in [-0.39, 0.29) is 24.0 Å². The molecule has 1 aromatic rings. The number of likely N-dealkylation sites (N-methyl/N-ethyl adjacent to an activating group) is 2. The first-order chi connectivity index (χ1) is 9.88. The fourth-order valence-corrected chi connectivity index (χ4v) is 2.19. The molecular weight excluding hydrogens is 268 g/mol. The molecule has 0 heterocycles. The Kier molecular flexibility index (Phi) is 6.37. The molecule has 0 bridgehead atoms. The zero-order valence-corrected chi connectivity index (χ0v) is 13.2. The fraction of sp³-hybridized carbons (Fsp3) is 0.500. The van der Waals surface area contributed by atoms with Crippen LogP contribution in [0.15, 0.2) is 18.2 Å². The van der Waals surface area contributed by atoms with Crippen LogP contribution in [0.25, 0.3) is 0 Å². The van der Waals surface area contributed by atoms with Gasteiger partial charge in [0.1, 0.15) is 5.75 Å². The van der Waals surface area contributed by atoms with E-state index in [9.17, 15) is 14.7 Å². The average Bonchev–Trinajstić information content (AvgIpc) is 2.42. The van der Waals surface area contributed by atoms with Gasteiger partial charge < -0.3 is 10.0 Å². The van der Waals surface area contributed by atoms with Crippen molar-refractivity contribution in [2.24, 2.45) is 0 Å². The van der Waals surface area contributed by atoms with Crippen LogP contribution >= 0.6 is 0 Å². The van der Waals surface area contributed by atoms with Crippen molar-refractivity contribution >= 4 is 11.7 Å². The highest BCUT2D eigenvalue weighted by molar-refractivity contribution is 5.94. The van der Waals surface area contributed by atoms with Crippen LogP contribution in [-0.4, -0.2) is 53.3 Å². The van der Waals surface area contributed by atoms with Crippen LogP contribution < -0.4 is 0 Å². The predicted molar refractivity (Wildman–Crippen MR) is 82.4 cm³/mol. The van der Waals surface area contributed by atoms with E-state index in [4.69, 9.17) is 0 Å². The van der Waals surface area contributed by atoms with E-state index in [1.165, 1.54) is 13.0 Å². The number of carbonyl (C=O) groups excluding carboxylic acids is 2. The van der Waals surface area contributed by atoms with Gasteiger partial charge in [-0.25, -0.2) is 0 Å². The molecule has 0 fully saturated rings. The van der Waals surface area contributed by atoms with Gasteiger partial charge in [-0.05, 0) is 46.0 Å². The first-order valence-corrected chi connectivity index (χ1v) is 7.18. The Morgan fingerprint density at radius 3 is 2.33 bits per heavy atom. The number of phenolic OH excluding ortho intramolecular Hbond substituents is 1. The van der Waals surface area contributed by atoms with Gasteiger partial charge in [-0.2, -0.15) is 0 Å². The number of aromatic hydroxyl groups is 1. The molecule has 0 aliphatic rings. The van der Waals surface area contributed by atoms with Crippen LogP contribution in [0.3, 0.4) is 0 Å². The molecule has 5 nitrogen and oxygen atoms in total. The van der Waals surface area contributed by atoms with Crippen molar-refractivity contribution in [1.82, 2.24) is 9.80 Å². The monoisotopic (exact) mass is 292 g/mol. The Labute approximate surface area is 126 Å². The number of phenols is 1. The van der Waals surface area contributed by atoms with Crippen LogP contribution in [0.2, 0.25) is 0 Å². The van der Waals surface area contributed by atoms with Gasteiger partial charge in [0, 0.05) is 30.8 Å². The van der Waals surface area contributed by atoms with E-state index in [0.717, 1.165) is 0 Å². The van der Waals surface area contributed by atoms with E-state index in [2.05, 4.69) is 0 Å². The Morgan fingerprint density at radius 1 is 1.19 bits per heavy atom. The van der Waals surface area contributed by atoms with Crippen molar-refractivity contribution in [2.75, 3.05) is 26.7 Å². The van der Waals surface area contributed by atoms with Gasteiger partial charge in [-0.3, -0.25) is 14.5 Å². The normalized spacial score (nSPS) is 10.7. The van der Waals surface area contributed by atoms with E-state index >= 15 is 0 Å². The van der Waals surface area contributed by atoms with Crippen LogP contribution in [0, 0.1) is 0 Å². The summed E-state index contributed by atoms with van der Waals surface area (Å²) in [5.74, 6) is 0.157. The molecule has 0 aromatic heterocycles. The Balaban J connectivity index is 2.74. The minimum Gasteiger partial charge on any atom is -0.508 e. The molecular formula is C16H24N2O3. The maximum absolute atomic E-state index is 12.0.